The van der Waals surface area contributed by atoms with Gasteiger partial charge < -0.3 is 10.2 Å². The zero-order chi connectivity index (χ0) is 14.4. The Morgan fingerprint density at radius 2 is 1.86 bits per heavy atom. The zero-order valence-corrected chi connectivity index (χ0v) is 13.2. The highest BCUT2D eigenvalue weighted by Gasteiger charge is 2.37. The highest BCUT2D eigenvalue weighted by Crippen LogP contribution is 2.43. The first kappa shape index (κ1) is 13.4. The summed E-state index contributed by atoms with van der Waals surface area (Å²) in [6.07, 6.45) is 9.42. The molecule has 2 unspecified atom stereocenters. The van der Waals surface area contributed by atoms with E-state index in [1.165, 1.54) is 62.9 Å². The number of rotatable bonds is 3. The van der Waals surface area contributed by atoms with Crippen LogP contribution in [-0.2, 0) is 0 Å². The van der Waals surface area contributed by atoms with Crippen molar-refractivity contribution in [3.05, 3.63) is 11.4 Å². The molecular formula is C17H26N4. The molecular weight excluding hydrogens is 260 g/mol. The van der Waals surface area contributed by atoms with Gasteiger partial charge in [0.25, 0.3) is 0 Å². The standard InChI is InChI=1S/C17H26N4/c1-11-15(18-2)19-16(13-8-9-13)20-17(11)21-10-4-6-12-5-3-7-14(12)21/h12-14H,3-10H2,1-2H3,(H,18,19,20). The van der Waals surface area contributed by atoms with E-state index in [2.05, 4.69) is 17.1 Å². The van der Waals surface area contributed by atoms with Gasteiger partial charge in [-0.25, -0.2) is 9.97 Å². The molecule has 2 saturated carbocycles. The molecule has 2 aliphatic carbocycles. The molecule has 1 aromatic heterocycles. The number of anilines is 2. The van der Waals surface area contributed by atoms with E-state index in [4.69, 9.17) is 9.97 Å². The van der Waals surface area contributed by atoms with Crippen LogP contribution in [0.3, 0.4) is 0 Å². The highest BCUT2D eigenvalue weighted by atomic mass is 15.2. The molecule has 1 aromatic rings. The van der Waals surface area contributed by atoms with Gasteiger partial charge in [-0.05, 0) is 51.4 Å². The molecule has 3 fully saturated rings. The van der Waals surface area contributed by atoms with Crippen molar-refractivity contribution in [1.82, 2.24) is 9.97 Å². The molecule has 0 bridgehead atoms. The monoisotopic (exact) mass is 286 g/mol. The van der Waals surface area contributed by atoms with Crippen molar-refractivity contribution in [2.24, 2.45) is 5.92 Å². The molecule has 4 rings (SSSR count). The van der Waals surface area contributed by atoms with Crippen LogP contribution in [0.1, 0.15) is 62.3 Å². The number of hydrogen-bond acceptors (Lipinski definition) is 4. The predicted octanol–water partition coefficient (Wildman–Crippen LogP) is 3.47. The van der Waals surface area contributed by atoms with Crippen molar-refractivity contribution in [3.63, 3.8) is 0 Å². The number of aromatic nitrogens is 2. The van der Waals surface area contributed by atoms with Crippen molar-refractivity contribution < 1.29 is 0 Å². The lowest BCUT2D eigenvalue weighted by atomic mass is 9.91. The zero-order valence-electron chi connectivity index (χ0n) is 13.2. The summed E-state index contributed by atoms with van der Waals surface area (Å²) in [7, 11) is 1.98. The van der Waals surface area contributed by atoms with Crippen LogP contribution in [0.5, 0.6) is 0 Å². The second kappa shape index (κ2) is 5.15. The second-order valence-corrected chi connectivity index (χ2v) is 7.00. The Hall–Kier alpha value is -1.32. The minimum absolute atomic E-state index is 0.612. The largest absolute Gasteiger partial charge is 0.373 e. The van der Waals surface area contributed by atoms with E-state index in [1.54, 1.807) is 0 Å². The van der Waals surface area contributed by atoms with Gasteiger partial charge in [0.1, 0.15) is 17.5 Å². The summed E-state index contributed by atoms with van der Waals surface area (Å²) in [5, 5.41) is 3.28. The maximum absolute atomic E-state index is 5.00. The van der Waals surface area contributed by atoms with Crippen molar-refractivity contribution in [2.45, 2.75) is 63.8 Å². The van der Waals surface area contributed by atoms with Gasteiger partial charge in [0.15, 0.2) is 0 Å². The van der Waals surface area contributed by atoms with Gasteiger partial charge in [-0.3, -0.25) is 0 Å². The molecule has 0 radical (unpaired) electrons. The van der Waals surface area contributed by atoms with Crippen LogP contribution >= 0.6 is 0 Å². The molecule has 2 atom stereocenters. The lowest BCUT2D eigenvalue weighted by Gasteiger charge is -2.39. The summed E-state index contributed by atoms with van der Waals surface area (Å²) in [6, 6.07) is 0.726. The maximum Gasteiger partial charge on any atom is 0.137 e. The molecule has 114 valence electrons. The molecule has 4 heteroatoms. The maximum atomic E-state index is 5.00. The first-order valence-electron chi connectivity index (χ1n) is 8.61. The van der Waals surface area contributed by atoms with Crippen LogP contribution < -0.4 is 10.2 Å². The Balaban J connectivity index is 1.73. The normalized spacial score (nSPS) is 28.6. The van der Waals surface area contributed by atoms with Crippen molar-refractivity contribution >= 4 is 11.6 Å². The smallest absolute Gasteiger partial charge is 0.137 e. The van der Waals surface area contributed by atoms with E-state index in [1.807, 2.05) is 7.05 Å². The third-order valence-electron chi connectivity index (χ3n) is 5.58. The van der Waals surface area contributed by atoms with Crippen LogP contribution in [0.4, 0.5) is 11.6 Å². The summed E-state index contributed by atoms with van der Waals surface area (Å²) in [5.41, 5.74) is 1.23. The minimum atomic E-state index is 0.612. The van der Waals surface area contributed by atoms with Gasteiger partial charge in [0.2, 0.25) is 0 Å². The number of nitrogens with one attached hydrogen (secondary N) is 1. The fraction of sp³-hybridized carbons (Fsp3) is 0.765. The Bertz CT molecular complexity index is 538. The third-order valence-corrected chi connectivity index (χ3v) is 5.58. The number of hydrogen-bond donors (Lipinski definition) is 1. The van der Waals surface area contributed by atoms with Gasteiger partial charge >= 0.3 is 0 Å². The molecule has 3 aliphatic rings. The molecule has 0 aromatic carbocycles. The van der Waals surface area contributed by atoms with Crippen LogP contribution in [0.25, 0.3) is 0 Å². The van der Waals surface area contributed by atoms with E-state index in [-0.39, 0.29) is 0 Å². The SMILES string of the molecule is CNc1nc(C2CC2)nc(N2CCCC3CCCC32)c1C. The van der Waals surface area contributed by atoms with E-state index in [0.717, 1.165) is 23.6 Å². The third kappa shape index (κ3) is 2.29. The molecule has 2 heterocycles. The van der Waals surface area contributed by atoms with Gasteiger partial charge in [-0.2, -0.15) is 0 Å². The molecule has 0 spiro atoms. The lowest BCUT2D eigenvalue weighted by molar-refractivity contribution is 0.360. The molecule has 21 heavy (non-hydrogen) atoms. The molecule has 0 amide bonds. The minimum Gasteiger partial charge on any atom is -0.373 e. The van der Waals surface area contributed by atoms with E-state index < -0.39 is 0 Å². The van der Waals surface area contributed by atoms with Gasteiger partial charge in [-0.1, -0.05) is 6.42 Å². The Labute approximate surface area is 127 Å². The first-order chi connectivity index (χ1) is 10.3. The highest BCUT2D eigenvalue weighted by molar-refractivity contribution is 5.59. The quantitative estimate of drug-likeness (QED) is 0.923. The van der Waals surface area contributed by atoms with E-state index >= 15 is 0 Å². The summed E-state index contributed by atoms with van der Waals surface area (Å²) >= 11 is 0. The van der Waals surface area contributed by atoms with Gasteiger partial charge in [0, 0.05) is 31.1 Å². The average molecular weight is 286 g/mol. The summed E-state index contributed by atoms with van der Waals surface area (Å²) in [6.45, 7) is 3.35. The van der Waals surface area contributed by atoms with Gasteiger partial charge in [0.05, 0.1) is 0 Å². The molecule has 1 saturated heterocycles. The summed E-state index contributed by atoms with van der Waals surface area (Å²) in [5.74, 6) is 4.83. The Kier molecular flexibility index (Phi) is 3.27. The van der Waals surface area contributed by atoms with Crippen molar-refractivity contribution in [1.29, 1.82) is 0 Å². The fourth-order valence-corrected chi connectivity index (χ4v) is 4.29. The first-order valence-corrected chi connectivity index (χ1v) is 8.61. The second-order valence-electron chi connectivity index (χ2n) is 7.00. The summed E-state index contributed by atoms with van der Waals surface area (Å²) < 4.78 is 0. The number of fused-ring (bicyclic) bond motifs is 1. The summed E-state index contributed by atoms with van der Waals surface area (Å²) in [4.78, 5) is 12.4. The Morgan fingerprint density at radius 3 is 2.62 bits per heavy atom. The molecule has 1 N–H and O–H groups in total. The number of nitrogens with zero attached hydrogens (tertiary/aromatic N) is 3. The van der Waals surface area contributed by atoms with Crippen LogP contribution in [0, 0.1) is 12.8 Å². The van der Waals surface area contributed by atoms with Crippen LogP contribution in [0.2, 0.25) is 0 Å². The molecule has 1 aliphatic heterocycles. The van der Waals surface area contributed by atoms with Crippen LogP contribution in [-0.4, -0.2) is 29.6 Å². The van der Waals surface area contributed by atoms with Crippen LogP contribution in [0.15, 0.2) is 0 Å². The predicted molar refractivity (Wildman–Crippen MR) is 86.0 cm³/mol. The number of piperidine rings is 1. The van der Waals surface area contributed by atoms with Crippen molar-refractivity contribution in [2.75, 3.05) is 23.8 Å². The topological polar surface area (TPSA) is 41.1 Å². The van der Waals surface area contributed by atoms with E-state index in [9.17, 15) is 0 Å². The van der Waals surface area contributed by atoms with E-state index in [0.29, 0.717) is 5.92 Å². The lowest BCUT2D eigenvalue weighted by Crippen LogP contribution is -2.43. The fourth-order valence-electron chi connectivity index (χ4n) is 4.29. The van der Waals surface area contributed by atoms with Crippen molar-refractivity contribution in [3.8, 4) is 0 Å². The molecule has 4 nitrogen and oxygen atoms in total. The Morgan fingerprint density at radius 1 is 1.05 bits per heavy atom. The van der Waals surface area contributed by atoms with Gasteiger partial charge in [-0.15, -0.1) is 0 Å². The average Bonchev–Trinajstić information content (AvgIpc) is 3.24.